The van der Waals surface area contributed by atoms with E-state index in [2.05, 4.69) is 10.1 Å². The van der Waals surface area contributed by atoms with E-state index < -0.39 is 0 Å². The minimum absolute atomic E-state index is 0.0458. The van der Waals surface area contributed by atoms with Gasteiger partial charge in [-0.05, 0) is 23.3 Å². The van der Waals surface area contributed by atoms with Crippen LogP contribution >= 0.6 is 0 Å². The highest BCUT2D eigenvalue weighted by atomic mass is 16.5. The van der Waals surface area contributed by atoms with E-state index in [0.29, 0.717) is 12.6 Å². The van der Waals surface area contributed by atoms with Crippen LogP contribution in [0.1, 0.15) is 11.1 Å². The first-order valence-corrected chi connectivity index (χ1v) is 6.64. The zero-order valence-corrected chi connectivity index (χ0v) is 11.4. The lowest BCUT2D eigenvalue weighted by Gasteiger charge is -2.03. The van der Waals surface area contributed by atoms with Gasteiger partial charge < -0.3 is 9.84 Å². The van der Waals surface area contributed by atoms with Crippen molar-refractivity contribution >= 4 is 0 Å². The van der Waals surface area contributed by atoms with Crippen LogP contribution in [0.3, 0.4) is 0 Å². The molecule has 0 aliphatic carbocycles. The number of para-hydroxylation sites is 1. The minimum Gasteiger partial charge on any atom is -0.458 e. The Hall–Kier alpha value is -2.66. The number of nitrogens with zero attached hydrogens (tertiary/aromatic N) is 3. The van der Waals surface area contributed by atoms with Gasteiger partial charge in [0, 0.05) is 0 Å². The van der Waals surface area contributed by atoms with Gasteiger partial charge in [0.05, 0.1) is 12.3 Å². The monoisotopic (exact) mass is 281 g/mol. The fourth-order valence-corrected chi connectivity index (χ4v) is 1.91. The van der Waals surface area contributed by atoms with E-state index in [4.69, 9.17) is 9.84 Å². The summed E-state index contributed by atoms with van der Waals surface area (Å²) >= 11 is 0. The van der Waals surface area contributed by atoms with Crippen LogP contribution in [-0.2, 0) is 13.2 Å². The van der Waals surface area contributed by atoms with Crippen LogP contribution in [0.2, 0.25) is 0 Å². The molecule has 3 aromatic rings. The zero-order valence-electron chi connectivity index (χ0n) is 11.4. The molecule has 0 radical (unpaired) electrons. The Morgan fingerprint density at radius 3 is 2.38 bits per heavy atom. The van der Waals surface area contributed by atoms with Crippen molar-refractivity contribution in [2.24, 2.45) is 0 Å². The van der Waals surface area contributed by atoms with Crippen LogP contribution < -0.4 is 4.74 Å². The summed E-state index contributed by atoms with van der Waals surface area (Å²) in [6.07, 6.45) is 1.62. The van der Waals surface area contributed by atoms with E-state index in [1.807, 2.05) is 54.6 Å². The average Bonchev–Trinajstić information content (AvgIpc) is 3.03. The number of rotatable bonds is 5. The van der Waals surface area contributed by atoms with Gasteiger partial charge in [-0.2, -0.15) is 4.98 Å². The third-order valence-electron chi connectivity index (χ3n) is 3.07. The molecule has 0 aliphatic heterocycles. The third-order valence-corrected chi connectivity index (χ3v) is 3.07. The highest BCUT2D eigenvalue weighted by molar-refractivity contribution is 5.29. The van der Waals surface area contributed by atoms with Crippen LogP contribution in [0.5, 0.6) is 6.01 Å². The minimum atomic E-state index is 0.0458. The Morgan fingerprint density at radius 2 is 1.67 bits per heavy atom. The SMILES string of the molecule is OCc1ccc(COc2ncn(-c3ccccc3)n2)cc1. The van der Waals surface area contributed by atoms with Gasteiger partial charge >= 0.3 is 6.01 Å². The van der Waals surface area contributed by atoms with E-state index in [9.17, 15) is 0 Å². The molecule has 2 aromatic carbocycles. The highest BCUT2D eigenvalue weighted by Crippen LogP contribution is 2.11. The van der Waals surface area contributed by atoms with Gasteiger partial charge in [-0.15, -0.1) is 5.10 Å². The molecule has 106 valence electrons. The summed E-state index contributed by atoms with van der Waals surface area (Å²) < 4.78 is 7.23. The van der Waals surface area contributed by atoms with Gasteiger partial charge in [-0.1, -0.05) is 42.5 Å². The summed E-state index contributed by atoms with van der Waals surface area (Å²) in [5, 5.41) is 13.3. The van der Waals surface area contributed by atoms with Gasteiger partial charge in [0.15, 0.2) is 0 Å². The highest BCUT2D eigenvalue weighted by Gasteiger charge is 2.04. The van der Waals surface area contributed by atoms with Crippen LogP contribution in [0.25, 0.3) is 5.69 Å². The molecule has 0 saturated carbocycles. The second-order valence-corrected chi connectivity index (χ2v) is 4.57. The molecule has 0 fully saturated rings. The van der Waals surface area contributed by atoms with E-state index in [1.54, 1.807) is 11.0 Å². The van der Waals surface area contributed by atoms with Crippen LogP contribution in [0.4, 0.5) is 0 Å². The Labute approximate surface area is 122 Å². The molecule has 5 heteroatoms. The molecule has 21 heavy (non-hydrogen) atoms. The fourth-order valence-electron chi connectivity index (χ4n) is 1.91. The molecular weight excluding hydrogens is 266 g/mol. The van der Waals surface area contributed by atoms with Gasteiger partial charge in [0.1, 0.15) is 12.9 Å². The average molecular weight is 281 g/mol. The molecular formula is C16H15N3O2. The Bertz CT molecular complexity index is 693. The first-order chi connectivity index (χ1) is 10.3. The number of benzene rings is 2. The maximum atomic E-state index is 8.99. The number of ether oxygens (including phenoxy) is 1. The summed E-state index contributed by atoms with van der Waals surface area (Å²) in [6.45, 7) is 0.439. The van der Waals surface area contributed by atoms with Crippen molar-refractivity contribution in [3.63, 3.8) is 0 Å². The van der Waals surface area contributed by atoms with Crippen molar-refractivity contribution in [3.8, 4) is 11.7 Å². The van der Waals surface area contributed by atoms with Gasteiger partial charge in [-0.3, -0.25) is 0 Å². The second-order valence-electron chi connectivity index (χ2n) is 4.57. The molecule has 0 unspecified atom stereocenters. The van der Waals surface area contributed by atoms with Crippen LogP contribution in [0, 0.1) is 0 Å². The Morgan fingerprint density at radius 1 is 0.952 bits per heavy atom. The Kier molecular flexibility index (Phi) is 3.93. The number of hydrogen-bond donors (Lipinski definition) is 1. The van der Waals surface area contributed by atoms with E-state index in [0.717, 1.165) is 16.8 Å². The summed E-state index contributed by atoms with van der Waals surface area (Å²) in [5.41, 5.74) is 2.82. The summed E-state index contributed by atoms with van der Waals surface area (Å²) in [6, 6.07) is 17.7. The maximum absolute atomic E-state index is 8.99. The van der Waals surface area contributed by atoms with Crippen molar-refractivity contribution in [1.82, 2.24) is 14.8 Å². The van der Waals surface area contributed by atoms with Crippen LogP contribution in [0.15, 0.2) is 60.9 Å². The zero-order chi connectivity index (χ0) is 14.5. The summed E-state index contributed by atoms with van der Waals surface area (Å²) in [5.74, 6) is 0. The van der Waals surface area contributed by atoms with Crippen molar-refractivity contribution in [1.29, 1.82) is 0 Å². The number of hydrogen-bond acceptors (Lipinski definition) is 4. The normalized spacial score (nSPS) is 10.5. The molecule has 1 heterocycles. The molecule has 0 bridgehead atoms. The van der Waals surface area contributed by atoms with E-state index in [1.165, 1.54) is 0 Å². The van der Waals surface area contributed by atoms with Gasteiger partial charge in [0.2, 0.25) is 0 Å². The first kappa shape index (κ1) is 13.3. The topological polar surface area (TPSA) is 60.2 Å². The van der Waals surface area contributed by atoms with Crippen LogP contribution in [-0.4, -0.2) is 19.9 Å². The quantitative estimate of drug-likeness (QED) is 0.779. The fraction of sp³-hybridized carbons (Fsp3) is 0.125. The first-order valence-electron chi connectivity index (χ1n) is 6.64. The lowest BCUT2D eigenvalue weighted by Crippen LogP contribution is -1.99. The van der Waals surface area contributed by atoms with Crippen molar-refractivity contribution in [2.75, 3.05) is 0 Å². The molecule has 3 rings (SSSR count). The molecule has 5 nitrogen and oxygen atoms in total. The van der Waals surface area contributed by atoms with Gasteiger partial charge in [0.25, 0.3) is 0 Å². The lowest BCUT2D eigenvalue weighted by atomic mass is 10.1. The third kappa shape index (κ3) is 3.27. The van der Waals surface area contributed by atoms with Crippen molar-refractivity contribution in [2.45, 2.75) is 13.2 Å². The summed E-state index contributed by atoms with van der Waals surface area (Å²) in [7, 11) is 0. The van der Waals surface area contributed by atoms with Crippen molar-refractivity contribution < 1.29 is 9.84 Å². The smallest absolute Gasteiger partial charge is 0.336 e. The molecule has 0 spiro atoms. The second kappa shape index (κ2) is 6.19. The van der Waals surface area contributed by atoms with E-state index >= 15 is 0 Å². The van der Waals surface area contributed by atoms with Gasteiger partial charge in [-0.25, -0.2) is 4.68 Å². The number of aromatic nitrogens is 3. The molecule has 0 amide bonds. The molecule has 1 aromatic heterocycles. The predicted octanol–water partition coefficient (Wildman–Crippen LogP) is 2.34. The molecule has 1 N–H and O–H groups in total. The number of aliphatic hydroxyl groups is 1. The van der Waals surface area contributed by atoms with Crippen molar-refractivity contribution in [3.05, 3.63) is 72.1 Å². The predicted molar refractivity (Wildman–Crippen MR) is 78.1 cm³/mol. The largest absolute Gasteiger partial charge is 0.458 e. The molecule has 0 aliphatic rings. The summed E-state index contributed by atoms with van der Waals surface area (Å²) in [4.78, 5) is 4.13. The molecule has 0 atom stereocenters. The maximum Gasteiger partial charge on any atom is 0.336 e. The lowest BCUT2D eigenvalue weighted by molar-refractivity contribution is 0.278. The standard InChI is InChI=1S/C16H15N3O2/c20-10-13-6-8-14(9-7-13)11-21-16-17-12-19(18-16)15-4-2-1-3-5-15/h1-9,12,20H,10-11H2. The Balaban J connectivity index is 1.64. The van der Waals surface area contributed by atoms with E-state index in [-0.39, 0.29) is 6.61 Å². The molecule has 0 saturated heterocycles. The number of aliphatic hydroxyl groups excluding tert-OH is 1.